The molecule has 0 N–H and O–H groups in total. The zero-order valence-electron chi connectivity index (χ0n) is 15.4. The van der Waals surface area contributed by atoms with Crippen molar-refractivity contribution in [3.63, 3.8) is 0 Å². The summed E-state index contributed by atoms with van der Waals surface area (Å²) in [5.74, 6) is -0.185. The summed E-state index contributed by atoms with van der Waals surface area (Å²) in [6.45, 7) is 1.09. The van der Waals surface area contributed by atoms with Gasteiger partial charge in [0.15, 0.2) is 5.43 Å². The van der Waals surface area contributed by atoms with Crippen molar-refractivity contribution >= 4 is 44.4 Å². The Morgan fingerprint density at radius 3 is 2.79 bits per heavy atom. The minimum Gasteiger partial charge on any atom is -0.450 e. The Balaban J connectivity index is 1.72. The molecular formula is C22H17BrClNO4. The lowest BCUT2D eigenvalue weighted by molar-refractivity contribution is 0.0486. The van der Waals surface area contributed by atoms with E-state index in [4.69, 9.17) is 20.8 Å². The number of hydrogen-bond donors (Lipinski definition) is 0. The second-order valence-corrected chi connectivity index (χ2v) is 8.72. The summed E-state index contributed by atoms with van der Waals surface area (Å²) in [6.07, 6.45) is 1.81. The van der Waals surface area contributed by atoms with Crippen molar-refractivity contribution in [2.24, 2.45) is 0 Å². The number of carbonyl (C=O) groups excluding carboxylic acids is 1. The van der Waals surface area contributed by atoms with Gasteiger partial charge in [0.1, 0.15) is 5.58 Å². The minimum atomic E-state index is -0.556. The van der Waals surface area contributed by atoms with E-state index in [1.54, 1.807) is 35.2 Å². The van der Waals surface area contributed by atoms with Gasteiger partial charge in [-0.3, -0.25) is 9.59 Å². The Hall–Kier alpha value is -2.15. The van der Waals surface area contributed by atoms with Crippen LogP contribution < -0.4 is 5.43 Å². The summed E-state index contributed by atoms with van der Waals surface area (Å²) in [6, 6.07) is 11.9. The average Bonchev–Trinajstić information content (AvgIpc) is 3.31. The van der Waals surface area contributed by atoms with Crippen LogP contribution in [0.3, 0.4) is 0 Å². The number of fused-ring (bicyclic) bond motifs is 2. The minimum absolute atomic E-state index is 0.0476. The molecule has 0 spiro atoms. The van der Waals surface area contributed by atoms with E-state index in [0.717, 1.165) is 22.9 Å². The third-order valence-electron chi connectivity index (χ3n) is 5.52. The largest absolute Gasteiger partial charge is 0.450 e. The Labute approximate surface area is 180 Å². The molecule has 7 heteroatoms. The van der Waals surface area contributed by atoms with Gasteiger partial charge in [0.25, 0.3) is 5.91 Å². The first-order valence-electron chi connectivity index (χ1n) is 9.47. The van der Waals surface area contributed by atoms with Crippen LogP contribution in [0.15, 0.2) is 56.1 Å². The lowest BCUT2D eigenvalue weighted by atomic mass is 9.98. The molecule has 1 fully saturated rings. The fourth-order valence-corrected chi connectivity index (χ4v) is 4.77. The van der Waals surface area contributed by atoms with E-state index in [1.165, 1.54) is 0 Å². The predicted molar refractivity (Wildman–Crippen MR) is 113 cm³/mol. The highest BCUT2D eigenvalue weighted by atomic mass is 79.9. The van der Waals surface area contributed by atoms with Crippen LogP contribution in [0, 0.1) is 0 Å². The first-order chi connectivity index (χ1) is 14.0. The quantitative estimate of drug-likeness (QED) is 0.540. The first-order valence-corrected chi connectivity index (χ1v) is 10.6. The maximum atomic E-state index is 13.4. The fourth-order valence-electron chi connectivity index (χ4n) is 4.21. The maximum Gasteiger partial charge on any atom is 0.291 e. The van der Waals surface area contributed by atoms with E-state index in [2.05, 4.69) is 15.9 Å². The van der Waals surface area contributed by atoms with Crippen molar-refractivity contribution in [2.75, 3.05) is 13.2 Å². The number of nitrogens with zero attached hydrogens (tertiary/aromatic N) is 1. The molecular weight excluding hydrogens is 458 g/mol. The molecule has 0 bridgehead atoms. The lowest BCUT2D eigenvalue weighted by Crippen LogP contribution is -2.36. The number of rotatable bonds is 3. The van der Waals surface area contributed by atoms with E-state index in [1.807, 2.05) is 12.1 Å². The molecule has 2 aliphatic heterocycles. The van der Waals surface area contributed by atoms with Crippen molar-refractivity contribution in [1.29, 1.82) is 0 Å². The van der Waals surface area contributed by atoms with Crippen LogP contribution in [-0.4, -0.2) is 30.1 Å². The van der Waals surface area contributed by atoms with Crippen molar-refractivity contribution in [1.82, 2.24) is 4.90 Å². The van der Waals surface area contributed by atoms with E-state index in [0.29, 0.717) is 34.7 Å². The Morgan fingerprint density at radius 1 is 1.17 bits per heavy atom. The van der Waals surface area contributed by atoms with Crippen LogP contribution >= 0.6 is 27.5 Å². The van der Waals surface area contributed by atoms with Crippen LogP contribution in [0.5, 0.6) is 0 Å². The number of hydrogen-bond acceptors (Lipinski definition) is 4. The maximum absolute atomic E-state index is 13.4. The van der Waals surface area contributed by atoms with Crippen LogP contribution in [0.4, 0.5) is 0 Å². The third kappa shape index (κ3) is 3.19. The van der Waals surface area contributed by atoms with Gasteiger partial charge < -0.3 is 14.1 Å². The molecule has 0 aliphatic carbocycles. The molecule has 2 aromatic carbocycles. The van der Waals surface area contributed by atoms with Gasteiger partial charge in [0.2, 0.25) is 5.76 Å². The highest BCUT2D eigenvalue weighted by Gasteiger charge is 2.43. The number of halogens is 2. The molecule has 2 unspecified atom stereocenters. The summed E-state index contributed by atoms with van der Waals surface area (Å²) in [4.78, 5) is 28.4. The predicted octanol–water partition coefficient (Wildman–Crippen LogP) is 4.93. The van der Waals surface area contributed by atoms with Crippen molar-refractivity contribution in [2.45, 2.75) is 25.0 Å². The summed E-state index contributed by atoms with van der Waals surface area (Å²) in [5.41, 5.74) is 1.34. The van der Waals surface area contributed by atoms with Gasteiger partial charge in [-0.25, -0.2) is 0 Å². The molecule has 5 rings (SSSR count). The number of carbonyl (C=O) groups is 1. The molecule has 2 atom stereocenters. The molecule has 5 nitrogen and oxygen atoms in total. The van der Waals surface area contributed by atoms with Gasteiger partial charge in [-0.1, -0.05) is 39.7 Å². The van der Waals surface area contributed by atoms with Crippen LogP contribution in [-0.2, 0) is 4.74 Å². The number of ether oxygens (including phenoxy) is 1. The second-order valence-electron chi connectivity index (χ2n) is 7.36. The van der Waals surface area contributed by atoms with Gasteiger partial charge in [0, 0.05) is 22.6 Å². The zero-order valence-corrected chi connectivity index (χ0v) is 17.7. The normalized spacial score (nSPS) is 21.2. The van der Waals surface area contributed by atoms with Crippen LogP contribution in [0.25, 0.3) is 11.0 Å². The van der Waals surface area contributed by atoms with E-state index in [-0.39, 0.29) is 23.2 Å². The van der Waals surface area contributed by atoms with Gasteiger partial charge >= 0.3 is 0 Å². The molecule has 3 aromatic rings. The highest BCUT2D eigenvalue weighted by Crippen LogP contribution is 2.39. The van der Waals surface area contributed by atoms with Gasteiger partial charge in [0.05, 0.1) is 23.1 Å². The van der Waals surface area contributed by atoms with Crippen LogP contribution in [0.2, 0.25) is 5.02 Å². The average molecular weight is 475 g/mol. The topological polar surface area (TPSA) is 59.8 Å². The molecule has 2 aliphatic rings. The smallest absolute Gasteiger partial charge is 0.291 e. The summed E-state index contributed by atoms with van der Waals surface area (Å²) in [5, 5.41) is 0.991. The van der Waals surface area contributed by atoms with Gasteiger partial charge in [-0.05, 0) is 48.7 Å². The fraction of sp³-hybridized carbons (Fsp3) is 0.273. The number of amides is 1. The monoisotopic (exact) mass is 473 g/mol. The van der Waals surface area contributed by atoms with Crippen molar-refractivity contribution in [3.8, 4) is 0 Å². The van der Waals surface area contributed by atoms with E-state index in [9.17, 15) is 9.59 Å². The number of benzene rings is 2. The molecule has 0 radical (unpaired) electrons. The Bertz CT molecular complexity index is 1190. The third-order valence-corrected chi connectivity index (χ3v) is 6.24. The molecule has 1 aromatic heterocycles. The van der Waals surface area contributed by atoms with Gasteiger partial charge in [-0.15, -0.1) is 0 Å². The SMILES string of the molecule is O=C1c2oc3ccc(Br)cc3c(=O)c2C(c2cccc(Cl)c2)N1CC1CCCO1. The van der Waals surface area contributed by atoms with Gasteiger partial charge in [-0.2, -0.15) is 0 Å². The lowest BCUT2D eigenvalue weighted by Gasteiger charge is -2.27. The molecule has 29 heavy (non-hydrogen) atoms. The first kappa shape index (κ1) is 18.9. The summed E-state index contributed by atoms with van der Waals surface area (Å²) in [7, 11) is 0. The Kier molecular flexibility index (Phi) is 4.73. The molecule has 3 heterocycles. The molecule has 0 saturated carbocycles. The second kappa shape index (κ2) is 7.27. The van der Waals surface area contributed by atoms with Crippen molar-refractivity contribution in [3.05, 3.63) is 79.1 Å². The molecule has 1 saturated heterocycles. The molecule has 1 amide bonds. The zero-order chi connectivity index (χ0) is 20.1. The summed E-state index contributed by atoms with van der Waals surface area (Å²) < 4.78 is 12.5. The van der Waals surface area contributed by atoms with E-state index < -0.39 is 6.04 Å². The van der Waals surface area contributed by atoms with Crippen molar-refractivity contribution < 1.29 is 13.9 Å². The van der Waals surface area contributed by atoms with Crippen LogP contribution in [0.1, 0.15) is 40.6 Å². The standard InChI is InChI=1S/C22H17BrClNO4/c23-13-6-7-17-16(10-13)20(26)18-19(12-3-1-4-14(24)9-12)25(22(27)21(18)29-17)11-15-5-2-8-28-15/h1,3-4,6-7,9-10,15,19H,2,5,8,11H2. The van der Waals surface area contributed by atoms with E-state index >= 15 is 0 Å². The highest BCUT2D eigenvalue weighted by molar-refractivity contribution is 9.10. The Morgan fingerprint density at radius 2 is 2.03 bits per heavy atom. The summed E-state index contributed by atoms with van der Waals surface area (Å²) >= 11 is 9.63. The molecule has 148 valence electrons.